The van der Waals surface area contributed by atoms with Gasteiger partial charge in [0.15, 0.2) is 0 Å². The Morgan fingerprint density at radius 3 is 1.92 bits per heavy atom. The van der Waals surface area contributed by atoms with Gasteiger partial charge in [-0.05, 0) is 59.3 Å². The van der Waals surface area contributed by atoms with Crippen LogP contribution in [0.25, 0.3) is 97.6 Å². The first-order valence-corrected chi connectivity index (χ1v) is 17.3. The summed E-state index contributed by atoms with van der Waals surface area (Å²) in [5, 5.41) is 9.48. The first-order chi connectivity index (χ1) is 24.3. The average Bonchev–Trinajstić information content (AvgIpc) is 3.81. The van der Waals surface area contributed by atoms with Gasteiger partial charge in [-0.25, -0.2) is 9.97 Å². The molecule has 4 aromatic heterocycles. The number of rotatable bonds is 3. The van der Waals surface area contributed by atoms with Crippen molar-refractivity contribution in [2.24, 2.45) is 0 Å². The Labute approximate surface area is 284 Å². The topological polar surface area (TPSA) is 35.6 Å². The summed E-state index contributed by atoms with van der Waals surface area (Å²) in [4.78, 5) is 12.0. The maximum Gasteiger partial charge on any atom is 0.236 e. The molecule has 0 unspecified atom stereocenters. The van der Waals surface area contributed by atoms with E-state index in [-0.39, 0.29) is 0 Å². The Morgan fingerprint density at radius 2 is 1.08 bits per heavy atom. The third kappa shape index (κ3) is 3.79. The number of para-hydroxylation sites is 3. The first-order valence-electron chi connectivity index (χ1n) is 16.5. The fraction of sp³-hybridized carbons (Fsp3) is 0. The van der Waals surface area contributed by atoms with Crippen LogP contribution >= 0.6 is 11.3 Å². The molecule has 0 aliphatic heterocycles. The first kappa shape index (κ1) is 26.7. The van der Waals surface area contributed by atoms with E-state index >= 15 is 0 Å². The zero-order valence-corrected chi connectivity index (χ0v) is 27.0. The average molecular weight is 643 g/mol. The molecule has 11 aromatic rings. The van der Waals surface area contributed by atoms with Crippen LogP contribution in [0.4, 0.5) is 0 Å². The summed E-state index contributed by atoms with van der Waals surface area (Å²) >= 11 is 1.74. The number of benzene rings is 7. The van der Waals surface area contributed by atoms with Crippen LogP contribution in [0.5, 0.6) is 0 Å². The minimum absolute atomic E-state index is 0.680. The molecular formula is C44H26N4S. The predicted molar refractivity (Wildman–Crippen MR) is 207 cm³/mol. The standard InChI is InChI=1S/C44H26N4S/c1-2-15-29(16-3-1)47-36-22-10-7-18-31(36)40-33(20-12-23-37(40)47)42-41-32-19-8-11-24-39(32)49-43(41)46-44(45-42)48-35-21-9-6-17-30(35)34-25-27-13-4-5-14-28(27)26-38(34)48/h1-26H. The van der Waals surface area contributed by atoms with Crippen molar-refractivity contribution in [2.45, 2.75) is 0 Å². The fourth-order valence-electron chi connectivity index (χ4n) is 7.85. The van der Waals surface area contributed by atoms with Crippen LogP contribution in [0, 0.1) is 0 Å². The highest BCUT2D eigenvalue weighted by Crippen LogP contribution is 2.44. The van der Waals surface area contributed by atoms with Crippen molar-refractivity contribution in [3.05, 3.63) is 158 Å². The molecule has 0 atom stereocenters. The van der Waals surface area contributed by atoms with Crippen molar-refractivity contribution < 1.29 is 0 Å². The fourth-order valence-corrected chi connectivity index (χ4v) is 8.92. The van der Waals surface area contributed by atoms with Gasteiger partial charge in [0.05, 0.1) is 27.8 Å². The van der Waals surface area contributed by atoms with E-state index in [1.807, 2.05) is 0 Å². The van der Waals surface area contributed by atoms with E-state index in [0.717, 1.165) is 43.7 Å². The maximum absolute atomic E-state index is 5.60. The second-order valence-corrected chi connectivity index (χ2v) is 13.6. The molecular weight excluding hydrogens is 617 g/mol. The second kappa shape index (κ2) is 10.1. The summed E-state index contributed by atoms with van der Waals surface area (Å²) in [5.74, 6) is 0.680. The number of hydrogen-bond acceptors (Lipinski definition) is 3. The highest BCUT2D eigenvalue weighted by atomic mass is 32.1. The van der Waals surface area contributed by atoms with Crippen LogP contribution in [0.1, 0.15) is 0 Å². The molecule has 7 aromatic carbocycles. The molecule has 0 bridgehead atoms. The van der Waals surface area contributed by atoms with Crippen molar-refractivity contribution in [3.63, 3.8) is 0 Å². The van der Waals surface area contributed by atoms with E-state index in [0.29, 0.717) is 5.95 Å². The Kier molecular flexibility index (Phi) is 5.51. The summed E-state index contributed by atoms with van der Waals surface area (Å²) in [6.45, 7) is 0. The van der Waals surface area contributed by atoms with Crippen molar-refractivity contribution >= 4 is 86.0 Å². The Hall–Kier alpha value is -6.30. The van der Waals surface area contributed by atoms with Crippen LogP contribution in [0.3, 0.4) is 0 Å². The van der Waals surface area contributed by atoms with Crippen LogP contribution < -0.4 is 0 Å². The number of aromatic nitrogens is 4. The molecule has 0 aliphatic carbocycles. The van der Waals surface area contributed by atoms with Crippen LogP contribution in [-0.2, 0) is 0 Å². The summed E-state index contributed by atoms with van der Waals surface area (Å²) < 4.78 is 5.84. The van der Waals surface area contributed by atoms with E-state index in [2.05, 4.69) is 167 Å². The summed E-state index contributed by atoms with van der Waals surface area (Å²) in [5.41, 5.74) is 7.71. The van der Waals surface area contributed by atoms with Gasteiger partial charge < -0.3 is 4.57 Å². The quantitative estimate of drug-likeness (QED) is 0.192. The summed E-state index contributed by atoms with van der Waals surface area (Å²) in [6, 6.07) is 56.4. The Morgan fingerprint density at radius 1 is 0.429 bits per heavy atom. The minimum atomic E-state index is 0.680. The maximum atomic E-state index is 5.60. The molecule has 0 aliphatic rings. The summed E-state index contributed by atoms with van der Waals surface area (Å²) in [6.07, 6.45) is 0. The number of nitrogens with zero attached hydrogens (tertiary/aromatic N) is 4. The van der Waals surface area contributed by atoms with Gasteiger partial charge in [0.1, 0.15) is 4.83 Å². The molecule has 11 rings (SSSR count). The molecule has 4 nitrogen and oxygen atoms in total. The van der Waals surface area contributed by atoms with Crippen LogP contribution in [0.15, 0.2) is 158 Å². The van der Waals surface area contributed by atoms with Gasteiger partial charge in [0, 0.05) is 48.3 Å². The third-order valence-corrected chi connectivity index (χ3v) is 11.0. The predicted octanol–water partition coefficient (Wildman–Crippen LogP) is 11.9. The molecule has 0 saturated heterocycles. The zero-order valence-electron chi connectivity index (χ0n) is 26.2. The molecule has 49 heavy (non-hydrogen) atoms. The number of fused-ring (bicyclic) bond motifs is 10. The molecule has 0 N–H and O–H groups in total. The lowest BCUT2D eigenvalue weighted by molar-refractivity contribution is 1.02. The third-order valence-electron chi connectivity index (χ3n) is 9.93. The number of thiophene rings is 1. The molecule has 4 heterocycles. The van der Waals surface area contributed by atoms with Crippen LogP contribution in [-0.4, -0.2) is 19.1 Å². The van der Waals surface area contributed by atoms with Crippen molar-refractivity contribution in [1.82, 2.24) is 19.1 Å². The normalized spacial score (nSPS) is 12.1. The monoisotopic (exact) mass is 642 g/mol. The Balaban J connectivity index is 1.30. The minimum Gasteiger partial charge on any atom is -0.309 e. The lowest BCUT2D eigenvalue weighted by atomic mass is 10.0. The number of hydrogen-bond donors (Lipinski definition) is 0. The van der Waals surface area contributed by atoms with Crippen molar-refractivity contribution in [3.8, 4) is 22.9 Å². The molecule has 0 fully saturated rings. The van der Waals surface area contributed by atoms with E-state index < -0.39 is 0 Å². The summed E-state index contributed by atoms with van der Waals surface area (Å²) in [7, 11) is 0. The van der Waals surface area contributed by atoms with Gasteiger partial charge in [-0.1, -0.05) is 109 Å². The SMILES string of the molecule is c1ccc(-n2c3ccccc3c3c(-c4nc(-n5c6ccccc6c6cc7ccccc7cc65)nc5sc6ccccc6c45)cccc32)cc1. The molecule has 228 valence electrons. The largest absolute Gasteiger partial charge is 0.309 e. The van der Waals surface area contributed by atoms with Crippen LogP contribution in [0.2, 0.25) is 0 Å². The van der Waals surface area contributed by atoms with Gasteiger partial charge in [0.25, 0.3) is 0 Å². The van der Waals surface area contributed by atoms with Gasteiger partial charge in [-0.15, -0.1) is 11.3 Å². The van der Waals surface area contributed by atoms with E-state index in [1.54, 1.807) is 11.3 Å². The van der Waals surface area contributed by atoms with Gasteiger partial charge in [-0.2, -0.15) is 0 Å². The zero-order chi connectivity index (χ0) is 32.1. The van der Waals surface area contributed by atoms with Gasteiger partial charge in [0.2, 0.25) is 5.95 Å². The van der Waals surface area contributed by atoms with Gasteiger partial charge in [-0.3, -0.25) is 4.57 Å². The smallest absolute Gasteiger partial charge is 0.236 e. The molecule has 5 heteroatoms. The Bertz CT molecular complexity index is 3110. The second-order valence-electron chi connectivity index (χ2n) is 12.6. The van der Waals surface area contributed by atoms with Crippen molar-refractivity contribution in [2.75, 3.05) is 0 Å². The molecule has 0 amide bonds. The van der Waals surface area contributed by atoms with E-state index in [4.69, 9.17) is 9.97 Å². The highest BCUT2D eigenvalue weighted by Gasteiger charge is 2.23. The highest BCUT2D eigenvalue weighted by molar-refractivity contribution is 7.25. The molecule has 0 radical (unpaired) electrons. The van der Waals surface area contributed by atoms with Gasteiger partial charge >= 0.3 is 0 Å². The van der Waals surface area contributed by atoms with E-state index in [9.17, 15) is 0 Å². The lowest BCUT2D eigenvalue weighted by Crippen LogP contribution is -2.03. The van der Waals surface area contributed by atoms with Crippen molar-refractivity contribution in [1.29, 1.82) is 0 Å². The molecule has 0 saturated carbocycles. The van der Waals surface area contributed by atoms with E-state index in [1.165, 1.54) is 47.9 Å². The lowest BCUT2D eigenvalue weighted by Gasteiger charge is -2.12. The molecule has 0 spiro atoms.